The number of amides is 1. The topological polar surface area (TPSA) is 119 Å². The van der Waals surface area contributed by atoms with Crippen molar-refractivity contribution in [3.8, 4) is 0 Å². The number of ether oxygens (including phenoxy) is 2. The summed E-state index contributed by atoms with van der Waals surface area (Å²) in [5.41, 5.74) is 4.56. The second-order valence-corrected chi connectivity index (χ2v) is 6.27. The van der Waals surface area contributed by atoms with Crippen LogP contribution >= 0.6 is 0 Å². The molecule has 126 valence electrons. The van der Waals surface area contributed by atoms with E-state index in [0.717, 1.165) is 12.8 Å². The summed E-state index contributed by atoms with van der Waals surface area (Å²) in [5.74, 6) is -2.46. The van der Waals surface area contributed by atoms with Crippen molar-refractivity contribution in [1.82, 2.24) is 4.90 Å². The van der Waals surface area contributed by atoms with Crippen LogP contribution in [0.15, 0.2) is 0 Å². The highest BCUT2D eigenvalue weighted by molar-refractivity contribution is 5.97. The molecule has 0 saturated carbocycles. The Balaban J connectivity index is 2.60. The molecule has 2 atom stereocenters. The van der Waals surface area contributed by atoms with Crippen LogP contribution < -0.4 is 5.73 Å². The molecule has 0 aromatic heterocycles. The molecule has 1 aliphatic rings. The third-order valence-corrected chi connectivity index (χ3v) is 3.19. The summed E-state index contributed by atoms with van der Waals surface area (Å²) >= 11 is 0. The molecule has 8 nitrogen and oxygen atoms in total. The van der Waals surface area contributed by atoms with Gasteiger partial charge in [-0.1, -0.05) is 0 Å². The zero-order valence-corrected chi connectivity index (χ0v) is 13.2. The first-order valence-corrected chi connectivity index (χ1v) is 7.26. The maximum absolute atomic E-state index is 12.2. The maximum atomic E-state index is 12.2. The van der Waals surface area contributed by atoms with Gasteiger partial charge in [0.15, 0.2) is 0 Å². The van der Waals surface area contributed by atoms with Crippen LogP contribution in [0.25, 0.3) is 0 Å². The van der Waals surface area contributed by atoms with E-state index in [1.54, 1.807) is 20.8 Å². The molecular weight excluding hydrogens is 292 g/mol. The number of esters is 1. The van der Waals surface area contributed by atoms with Crippen molar-refractivity contribution in [3.05, 3.63) is 0 Å². The van der Waals surface area contributed by atoms with Gasteiger partial charge in [0.2, 0.25) is 6.04 Å². The van der Waals surface area contributed by atoms with Gasteiger partial charge in [-0.2, -0.15) is 0 Å². The van der Waals surface area contributed by atoms with Crippen LogP contribution in [0.5, 0.6) is 0 Å². The smallest absolute Gasteiger partial charge is 0.410 e. The quantitative estimate of drug-likeness (QED) is 0.579. The number of carbonyl (C=O) groups is 3. The minimum absolute atomic E-state index is 0.0843. The molecule has 0 bridgehead atoms. The van der Waals surface area contributed by atoms with Gasteiger partial charge >= 0.3 is 18.0 Å². The van der Waals surface area contributed by atoms with E-state index in [1.807, 2.05) is 0 Å². The van der Waals surface area contributed by atoms with Crippen molar-refractivity contribution in [2.45, 2.75) is 57.7 Å². The second-order valence-electron chi connectivity index (χ2n) is 6.27. The molecule has 22 heavy (non-hydrogen) atoms. The lowest BCUT2D eigenvalue weighted by atomic mass is 10.0. The maximum Gasteiger partial charge on any atom is 0.410 e. The van der Waals surface area contributed by atoms with Gasteiger partial charge in [0, 0.05) is 6.54 Å². The molecule has 1 saturated heterocycles. The molecule has 1 fully saturated rings. The van der Waals surface area contributed by atoms with E-state index in [9.17, 15) is 14.4 Å². The average molecular weight is 316 g/mol. The summed E-state index contributed by atoms with van der Waals surface area (Å²) in [6.07, 6.45) is 1.94. The third kappa shape index (κ3) is 5.51. The Hall–Kier alpha value is -1.83. The fourth-order valence-corrected chi connectivity index (χ4v) is 2.10. The lowest BCUT2D eigenvalue weighted by molar-refractivity contribution is -0.155. The molecule has 0 aromatic rings. The number of nitrogens with two attached hydrogens (primary N) is 1. The van der Waals surface area contributed by atoms with Crippen molar-refractivity contribution < 1.29 is 29.0 Å². The van der Waals surface area contributed by atoms with E-state index in [1.165, 1.54) is 4.90 Å². The van der Waals surface area contributed by atoms with Crippen molar-refractivity contribution in [2.24, 2.45) is 5.73 Å². The molecule has 0 aromatic carbocycles. The molecule has 1 amide bonds. The van der Waals surface area contributed by atoms with Crippen LogP contribution in [0, 0.1) is 0 Å². The van der Waals surface area contributed by atoms with Gasteiger partial charge in [0.25, 0.3) is 0 Å². The highest BCUT2D eigenvalue weighted by Gasteiger charge is 2.32. The van der Waals surface area contributed by atoms with E-state index in [4.69, 9.17) is 20.3 Å². The number of carboxylic acid groups (broad SMARTS) is 1. The molecule has 3 N–H and O–H groups in total. The number of nitrogens with zero attached hydrogens (tertiary/aromatic N) is 1. The van der Waals surface area contributed by atoms with Crippen molar-refractivity contribution in [3.63, 3.8) is 0 Å². The summed E-state index contributed by atoms with van der Waals surface area (Å²) in [4.78, 5) is 35.8. The SMILES string of the molecule is CC(C)(C)OC(=O)N1CCCC[C@@H]1COC(=O)[C@H](N)C(=O)O. The number of rotatable bonds is 4. The monoisotopic (exact) mass is 316 g/mol. The normalized spacial score (nSPS) is 20.2. The Kier molecular flexibility index (Phi) is 6.16. The van der Waals surface area contributed by atoms with E-state index >= 15 is 0 Å². The predicted octanol–water partition coefficient (Wildman–Crippen LogP) is 0.731. The van der Waals surface area contributed by atoms with Crippen LogP contribution in [-0.2, 0) is 19.1 Å². The Morgan fingerprint density at radius 3 is 2.50 bits per heavy atom. The van der Waals surface area contributed by atoms with Crippen LogP contribution in [-0.4, -0.2) is 58.9 Å². The van der Waals surface area contributed by atoms with Crippen LogP contribution in [0.2, 0.25) is 0 Å². The third-order valence-electron chi connectivity index (χ3n) is 3.19. The molecule has 1 aliphatic heterocycles. The number of aliphatic carboxylic acids is 1. The van der Waals surface area contributed by atoms with Crippen LogP contribution in [0.4, 0.5) is 4.79 Å². The number of carbonyl (C=O) groups excluding carboxylic acids is 2. The van der Waals surface area contributed by atoms with Crippen molar-refractivity contribution in [1.29, 1.82) is 0 Å². The molecule has 0 radical (unpaired) electrons. The molecule has 0 spiro atoms. The molecule has 0 aliphatic carbocycles. The fraction of sp³-hybridized carbons (Fsp3) is 0.786. The van der Waals surface area contributed by atoms with E-state index in [2.05, 4.69) is 0 Å². The molecule has 8 heteroatoms. The zero-order valence-electron chi connectivity index (χ0n) is 13.2. The van der Waals surface area contributed by atoms with Crippen molar-refractivity contribution in [2.75, 3.05) is 13.2 Å². The van der Waals surface area contributed by atoms with Gasteiger partial charge in [-0.05, 0) is 40.0 Å². The second kappa shape index (κ2) is 7.44. The summed E-state index contributed by atoms with van der Waals surface area (Å²) in [6.45, 7) is 5.75. The first-order valence-electron chi connectivity index (χ1n) is 7.26. The van der Waals surface area contributed by atoms with Gasteiger partial charge < -0.3 is 25.2 Å². The van der Waals surface area contributed by atoms with Gasteiger partial charge in [0.1, 0.15) is 12.2 Å². The highest BCUT2D eigenvalue weighted by atomic mass is 16.6. The number of hydrogen-bond acceptors (Lipinski definition) is 6. The minimum atomic E-state index is -1.71. The number of piperidine rings is 1. The molecule has 0 unspecified atom stereocenters. The Labute approximate surface area is 129 Å². The predicted molar refractivity (Wildman–Crippen MR) is 77.1 cm³/mol. The molecular formula is C14H24N2O6. The number of carboxylic acids is 1. The minimum Gasteiger partial charge on any atom is -0.480 e. The largest absolute Gasteiger partial charge is 0.480 e. The van der Waals surface area contributed by atoms with Crippen LogP contribution in [0.3, 0.4) is 0 Å². The standard InChI is InChI=1S/C14H24N2O6/c1-14(2,3)22-13(20)16-7-5-4-6-9(16)8-21-12(19)10(15)11(17)18/h9-10H,4-8,15H2,1-3H3,(H,17,18)/t9-,10-/m1/s1. The summed E-state index contributed by atoms with van der Waals surface area (Å²) in [5, 5.41) is 8.65. The lowest BCUT2D eigenvalue weighted by Crippen LogP contribution is -2.49. The Morgan fingerprint density at radius 1 is 1.32 bits per heavy atom. The fourth-order valence-electron chi connectivity index (χ4n) is 2.10. The average Bonchev–Trinajstić information content (AvgIpc) is 2.42. The number of likely N-dealkylation sites (tertiary alicyclic amines) is 1. The number of hydrogen-bond donors (Lipinski definition) is 2. The molecule has 1 rings (SSSR count). The van der Waals surface area contributed by atoms with E-state index < -0.39 is 29.7 Å². The zero-order chi connectivity index (χ0) is 16.9. The first kappa shape index (κ1) is 18.2. The van der Waals surface area contributed by atoms with Gasteiger partial charge in [0.05, 0.1) is 6.04 Å². The highest BCUT2D eigenvalue weighted by Crippen LogP contribution is 2.20. The first-order chi connectivity index (χ1) is 10.1. The Morgan fingerprint density at radius 2 is 1.95 bits per heavy atom. The van der Waals surface area contributed by atoms with Crippen molar-refractivity contribution >= 4 is 18.0 Å². The van der Waals surface area contributed by atoms with Gasteiger partial charge in [-0.15, -0.1) is 0 Å². The molecule has 1 heterocycles. The Bertz CT molecular complexity index is 432. The lowest BCUT2D eigenvalue weighted by Gasteiger charge is -2.36. The van der Waals surface area contributed by atoms with E-state index in [0.29, 0.717) is 13.0 Å². The summed E-state index contributed by atoms with van der Waals surface area (Å²) in [6, 6.07) is -2.04. The summed E-state index contributed by atoms with van der Waals surface area (Å²) in [7, 11) is 0. The summed E-state index contributed by atoms with van der Waals surface area (Å²) < 4.78 is 10.2. The van der Waals surface area contributed by atoms with E-state index in [-0.39, 0.29) is 12.6 Å². The van der Waals surface area contributed by atoms with Gasteiger partial charge in [-0.25, -0.2) is 14.4 Å². The van der Waals surface area contributed by atoms with Gasteiger partial charge in [-0.3, -0.25) is 0 Å². The van der Waals surface area contributed by atoms with Crippen LogP contribution in [0.1, 0.15) is 40.0 Å².